The Bertz CT molecular complexity index is 551. The molecule has 0 radical (unpaired) electrons. The van der Waals surface area contributed by atoms with Gasteiger partial charge in [-0.15, -0.1) is 0 Å². The summed E-state index contributed by atoms with van der Waals surface area (Å²) < 4.78 is 7.55. The van der Waals surface area contributed by atoms with Crippen molar-refractivity contribution in [1.29, 1.82) is 0 Å². The van der Waals surface area contributed by atoms with Crippen LogP contribution >= 0.6 is 12.2 Å². The molecule has 0 aliphatic heterocycles. The molecule has 4 nitrogen and oxygen atoms in total. The molecule has 0 spiro atoms. The number of hydrogen-bond acceptors (Lipinski definition) is 3. The molecule has 94 valence electrons. The maximum absolute atomic E-state index is 5.65. The maximum Gasteiger partial charge on any atom is 0.120 e. The normalized spacial score (nSPS) is 10.3. The van der Waals surface area contributed by atoms with E-state index in [0.717, 1.165) is 23.6 Å². The van der Waals surface area contributed by atoms with Crippen molar-refractivity contribution in [2.24, 2.45) is 5.73 Å². The van der Waals surface area contributed by atoms with E-state index in [1.807, 2.05) is 41.9 Å². The van der Waals surface area contributed by atoms with Gasteiger partial charge in [-0.3, -0.25) is 4.68 Å². The molecule has 0 saturated carbocycles. The zero-order chi connectivity index (χ0) is 13.0. The Morgan fingerprint density at radius 3 is 2.94 bits per heavy atom. The summed E-state index contributed by atoms with van der Waals surface area (Å²) in [7, 11) is 0. The maximum atomic E-state index is 5.65. The van der Waals surface area contributed by atoms with E-state index in [9.17, 15) is 0 Å². The van der Waals surface area contributed by atoms with Gasteiger partial charge in [0.2, 0.25) is 0 Å². The van der Waals surface area contributed by atoms with Gasteiger partial charge >= 0.3 is 0 Å². The first-order valence-electron chi connectivity index (χ1n) is 5.68. The average Bonchev–Trinajstić information content (AvgIpc) is 2.76. The van der Waals surface area contributed by atoms with Crippen LogP contribution in [-0.4, -0.2) is 21.4 Å². The number of rotatable bonds is 5. The minimum Gasteiger partial charge on any atom is -0.492 e. The van der Waals surface area contributed by atoms with Gasteiger partial charge in [0.1, 0.15) is 17.3 Å². The van der Waals surface area contributed by atoms with Gasteiger partial charge < -0.3 is 10.5 Å². The molecule has 0 unspecified atom stereocenters. The van der Waals surface area contributed by atoms with Crippen LogP contribution in [0.1, 0.15) is 11.3 Å². The molecule has 18 heavy (non-hydrogen) atoms. The van der Waals surface area contributed by atoms with Crippen molar-refractivity contribution in [2.75, 3.05) is 6.61 Å². The highest BCUT2D eigenvalue weighted by Crippen LogP contribution is 2.13. The standard InChI is InChI=1S/C13H15N3OS/c1-10-5-6-15-16(10)7-8-17-12-4-2-3-11(9-12)13(14)18/h2-6,9H,7-8H2,1H3,(H2,14,18). The van der Waals surface area contributed by atoms with E-state index in [4.69, 9.17) is 22.7 Å². The predicted molar refractivity (Wildman–Crippen MR) is 74.8 cm³/mol. The summed E-state index contributed by atoms with van der Waals surface area (Å²) in [5.74, 6) is 0.769. The van der Waals surface area contributed by atoms with Crippen molar-refractivity contribution in [3.8, 4) is 5.75 Å². The van der Waals surface area contributed by atoms with Gasteiger partial charge in [-0.25, -0.2) is 0 Å². The molecule has 2 rings (SSSR count). The van der Waals surface area contributed by atoms with Crippen LogP contribution in [0.3, 0.4) is 0 Å². The molecule has 0 saturated heterocycles. The van der Waals surface area contributed by atoms with Gasteiger partial charge in [0.25, 0.3) is 0 Å². The van der Waals surface area contributed by atoms with E-state index in [2.05, 4.69) is 5.10 Å². The van der Waals surface area contributed by atoms with Gasteiger partial charge in [0.05, 0.1) is 6.54 Å². The van der Waals surface area contributed by atoms with Crippen LogP contribution < -0.4 is 10.5 Å². The van der Waals surface area contributed by atoms with Crippen LogP contribution in [0.15, 0.2) is 36.5 Å². The number of thiocarbonyl (C=S) groups is 1. The minimum atomic E-state index is 0.378. The largest absolute Gasteiger partial charge is 0.492 e. The summed E-state index contributed by atoms with van der Waals surface area (Å²) in [6.07, 6.45) is 1.78. The fourth-order valence-electron chi connectivity index (χ4n) is 1.62. The number of nitrogens with two attached hydrogens (primary N) is 1. The van der Waals surface area contributed by atoms with Crippen molar-refractivity contribution in [2.45, 2.75) is 13.5 Å². The lowest BCUT2D eigenvalue weighted by Gasteiger charge is -2.08. The monoisotopic (exact) mass is 261 g/mol. The zero-order valence-electron chi connectivity index (χ0n) is 10.2. The second-order valence-corrected chi connectivity index (χ2v) is 4.38. The molecule has 2 N–H and O–H groups in total. The topological polar surface area (TPSA) is 53.1 Å². The summed E-state index contributed by atoms with van der Waals surface area (Å²) in [5.41, 5.74) is 7.51. The minimum absolute atomic E-state index is 0.378. The molecule has 0 amide bonds. The lowest BCUT2D eigenvalue weighted by atomic mass is 10.2. The molecule has 0 bridgehead atoms. The second-order valence-electron chi connectivity index (χ2n) is 3.94. The molecule has 0 atom stereocenters. The molecule has 0 aliphatic carbocycles. The van der Waals surface area contributed by atoms with Crippen LogP contribution in [0, 0.1) is 6.92 Å². The molecule has 0 aliphatic rings. The number of aromatic nitrogens is 2. The highest BCUT2D eigenvalue weighted by molar-refractivity contribution is 7.80. The molecule has 2 aromatic rings. The number of ether oxygens (including phenoxy) is 1. The molecule has 0 fully saturated rings. The number of hydrogen-bond donors (Lipinski definition) is 1. The summed E-state index contributed by atoms with van der Waals surface area (Å²) >= 11 is 4.92. The molecule has 1 aromatic heterocycles. The van der Waals surface area contributed by atoms with Gasteiger partial charge in [0, 0.05) is 17.5 Å². The Morgan fingerprint density at radius 1 is 1.44 bits per heavy atom. The third-order valence-corrected chi connectivity index (χ3v) is 2.86. The Kier molecular flexibility index (Phi) is 3.94. The first kappa shape index (κ1) is 12.6. The van der Waals surface area contributed by atoms with Crippen LogP contribution in [-0.2, 0) is 6.54 Å². The summed E-state index contributed by atoms with van der Waals surface area (Å²) in [5, 5.41) is 4.19. The molecule has 1 aromatic carbocycles. The van der Waals surface area contributed by atoms with Crippen molar-refractivity contribution in [3.63, 3.8) is 0 Å². The van der Waals surface area contributed by atoms with Crippen molar-refractivity contribution in [1.82, 2.24) is 9.78 Å². The lowest BCUT2D eigenvalue weighted by molar-refractivity contribution is 0.290. The second kappa shape index (κ2) is 5.64. The number of aryl methyl sites for hydroxylation is 1. The number of nitrogens with zero attached hydrogens (tertiary/aromatic N) is 2. The average molecular weight is 261 g/mol. The third kappa shape index (κ3) is 3.07. The Balaban J connectivity index is 1.92. The Morgan fingerprint density at radius 2 is 2.28 bits per heavy atom. The molecule has 5 heteroatoms. The van der Waals surface area contributed by atoms with Crippen molar-refractivity contribution >= 4 is 17.2 Å². The molecule has 1 heterocycles. The van der Waals surface area contributed by atoms with E-state index in [1.165, 1.54) is 0 Å². The fourth-order valence-corrected chi connectivity index (χ4v) is 1.75. The van der Waals surface area contributed by atoms with E-state index >= 15 is 0 Å². The first-order valence-corrected chi connectivity index (χ1v) is 6.09. The predicted octanol–water partition coefficient (Wildman–Crippen LogP) is 1.90. The number of benzene rings is 1. The third-order valence-electron chi connectivity index (χ3n) is 2.62. The van der Waals surface area contributed by atoms with E-state index in [0.29, 0.717) is 11.6 Å². The van der Waals surface area contributed by atoms with Crippen molar-refractivity contribution < 1.29 is 4.74 Å². The Labute approximate surface area is 111 Å². The van der Waals surface area contributed by atoms with E-state index in [1.54, 1.807) is 6.20 Å². The van der Waals surface area contributed by atoms with Crippen LogP contribution in [0.5, 0.6) is 5.75 Å². The summed E-state index contributed by atoms with van der Waals surface area (Å²) in [4.78, 5) is 0.378. The summed E-state index contributed by atoms with van der Waals surface area (Å²) in [6, 6.07) is 9.44. The fraction of sp³-hybridized carbons (Fsp3) is 0.231. The summed E-state index contributed by atoms with van der Waals surface area (Å²) in [6.45, 7) is 3.29. The van der Waals surface area contributed by atoms with Gasteiger partial charge in [-0.05, 0) is 25.1 Å². The van der Waals surface area contributed by atoms with Gasteiger partial charge in [0.15, 0.2) is 0 Å². The SMILES string of the molecule is Cc1ccnn1CCOc1cccc(C(N)=S)c1. The molecular formula is C13H15N3OS. The van der Waals surface area contributed by atoms with Gasteiger partial charge in [-0.1, -0.05) is 24.4 Å². The van der Waals surface area contributed by atoms with E-state index in [-0.39, 0.29) is 0 Å². The van der Waals surface area contributed by atoms with Crippen LogP contribution in [0.4, 0.5) is 0 Å². The first-order chi connectivity index (χ1) is 8.66. The quantitative estimate of drug-likeness (QED) is 0.835. The lowest BCUT2D eigenvalue weighted by Crippen LogP contribution is -2.12. The highest BCUT2D eigenvalue weighted by Gasteiger charge is 2.00. The highest BCUT2D eigenvalue weighted by atomic mass is 32.1. The van der Waals surface area contributed by atoms with Crippen molar-refractivity contribution in [3.05, 3.63) is 47.8 Å². The Hall–Kier alpha value is -1.88. The van der Waals surface area contributed by atoms with Gasteiger partial charge in [-0.2, -0.15) is 5.10 Å². The smallest absolute Gasteiger partial charge is 0.120 e. The van der Waals surface area contributed by atoms with E-state index < -0.39 is 0 Å². The molecular weight excluding hydrogens is 246 g/mol. The zero-order valence-corrected chi connectivity index (χ0v) is 11.0. The van der Waals surface area contributed by atoms with Crippen LogP contribution in [0.25, 0.3) is 0 Å². The van der Waals surface area contributed by atoms with Crippen LogP contribution in [0.2, 0.25) is 0 Å².